The minimum atomic E-state index is -2.83. The summed E-state index contributed by atoms with van der Waals surface area (Å²) in [5, 5.41) is 0. The van der Waals surface area contributed by atoms with Crippen molar-refractivity contribution >= 4 is 9.84 Å². The third-order valence-corrected chi connectivity index (χ3v) is 6.07. The third kappa shape index (κ3) is 7.28. The normalized spacial score (nSPS) is 20.1. The monoisotopic (exact) mass is 290 g/mol. The van der Waals surface area contributed by atoms with Gasteiger partial charge in [0, 0.05) is 11.8 Å². The van der Waals surface area contributed by atoms with Crippen LogP contribution in [0.25, 0.3) is 0 Å². The molecule has 0 amide bonds. The maximum Gasteiger partial charge on any atom is 0.150 e. The van der Waals surface area contributed by atoms with Gasteiger partial charge in [0.25, 0.3) is 0 Å². The van der Waals surface area contributed by atoms with Gasteiger partial charge in [-0.2, -0.15) is 0 Å². The van der Waals surface area contributed by atoms with E-state index in [9.17, 15) is 8.42 Å². The molecule has 5 heteroatoms. The van der Waals surface area contributed by atoms with E-state index in [1.165, 1.54) is 38.5 Å². The van der Waals surface area contributed by atoms with Crippen molar-refractivity contribution in [2.75, 3.05) is 11.5 Å². The highest BCUT2D eigenvalue weighted by Gasteiger charge is 2.18. The van der Waals surface area contributed by atoms with Gasteiger partial charge >= 0.3 is 0 Å². The molecule has 1 saturated carbocycles. The summed E-state index contributed by atoms with van der Waals surface area (Å²) in [6, 6.07) is 0.273. The molecule has 1 rings (SSSR count). The van der Waals surface area contributed by atoms with E-state index in [1.807, 2.05) is 0 Å². The average molecular weight is 290 g/mol. The quantitative estimate of drug-likeness (QED) is 0.409. The molecule has 0 heterocycles. The minimum Gasteiger partial charge on any atom is -0.271 e. The summed E-state index contributed by atoms with van der Waals surface area (Å²) in [7, 11) is -2.83. The molecule has 0 saturated heterocycles. The Kier molecular flexibility index (Phi) is 7.95. The summed E-state index contributed by atoms with van der Waals surface area (Å²) in [6.07, 6.45) is 10.7. The first-order chi connectivity index (χ1) is 9.07. The molecule has 0 aliphatic heterocycles. The van der Waals surface area contributed by atoms with Gasteiger partial charge in [-0.1, -0.05) is 45.4 Å². The Hall–Kier alpha value is -0.130. The molecule has 0 spiro atoms. The number of hydrogen-bond acceptors (Lipinski definition) is 4. The number of hydrogen-bond donors (Lipinski definition) is 2. The molecule has 114 valence electrons. The van der Waals surface area contributed by atoms with Crippen molar-refractivity contribution in [3.8, 4) is 0 Å². The second kappa shape index (κ2) is 8.93. The van der Waals surface area contributed by atoms with E-state index in [1.54, 1.807) is 6.92 Å². The van der Waals surface area contributed by atoms with E-state index < -0.39 is 9.84 Å². The molecule has 0 aromatic rings. The van der Waals surface area contributed by atoms with Crippen molar-refractivity contribution in [1.29, 1.82) is 0 Å². The van der Waals surface area contributed by atoms with Gasteiger partial charge < -0.3 is 0 Å². The number of nitrogens with one attached hydrogen (secondary N) is 1. The molecule has 4 nitrogen and oxygen atoms in total. The predicted molar refractivity (Wildman–Crippen MR) is 80.5 cm³/mol. The smallest absolute Gasteiger partial charge is 0.150 e. The lowest BCUT2D eigenvalue weighted by atomic mass is 9.91. The fraction of sp³-hybridized carbons (Fsp3) is 1.00. The minimum absolute atomic E-state index is 0.246. The molecule has 0 bridgehead atoms. The molecule has 1 fully saturated rings. The van der Waals surface area contributed by atoms with Crippen molar-refractivity contribution in [3.63, 3.8) is 0 Å². The van der Waals surface area contributed by atoms with E-state index in [0.29, 0.717) is 5.75 Å². The van der Waals surface area contributed by atoms with Crippen LogP contribution >= 0.6 is 0 Å². The lowest BCUT2D eigenvalue weighted by molar-refractivity contribution is 0.340. The number of hydrazine groups is 1. The van der Waals surface area contributed by atoms with Crippen molar-refractivity contribution in [3.05, 3.63) is 0 Å². The Morgan fingerprint density at radius 2 is 1.84 bits per heavy atom. The van der Waals surface area contributed by atoms with E-state index in [0.717, 1.165) is 25.2 Å². The molecule has 0 aromatic heterocycles. The van der Waals surface area contributed by atoms with Gasteiger partial charge in [0.1, 0.15) is 9.84 Å². The van der Waals surface area contributed by atoms with Crippen LogP contribution in [0.15, 0.2) is 0 Å². The van der Waals surface area contributed by atoms with Gasteiger partial charge in [-0.3, -0.25) is 11.3 Å². The number of rotatable bonds is 8. The van der Waals surface area contributed by atoms with Gasteiger partial charge in [0.15, 0.2) is 0 Å². The highest BCUT2D eigenvalue weighted by Crippen LogP contribution is 2.27. The molecular weight excluding hydrogens is 260 g/mol. The third-order valence-electron chi connectivity index (χ3n) is 4.28. The van der Waals surface area contributed by atoms with E-state index in [4.69, 9.17) is 5.84 Å². The van der Waals surface area contributed by atoms with Crippen molar-refractivity contribution in [2.24, 2.45) is 11.8 Å². The average Bonchev–Trinajstić information content (AvgIpc) is 2.66. The van der Waals surface area contributed by atoms with Crippen molar-refractivity contribution in [2.45, 2.75) is 70.8 Å². The summed E-state index contributed by atoms with van der Waals surface area (Å²) in [4.78, 5) is 0. The zero-order chi connectivity index (χ0) is 14.1. The second-order valence-corrected chi connectivity index (χ2v) is 8.31. The zero-order valence-corrected chi connectivity index (χ0v) is 13.1. The Morgan fingerprint density at radius 1 is 1.21 bits per heavy atom. The predicted octanol–water partition coefficient (Wildman–Crippen LogP) is 2.39. The first-order valence-corrected chi connectivity index (χ1v) is 9.56. The highest BCUT2D eigenvalue weighted by atomic mass is 32.2. The molecule has 0 radical (unpaired) electrons. The van der Waals surface area contributed by atoms with Crippen LogP contribution in [0.1, 0.15) is 64.7 Å². The van der Waals surface area contributed by atoms with Gasteiger partial charge in [-0.25, -0.2) is 8.42 Å². The van der Waals surface area contributed by atoms with E-state index in [-0.39, 0.29) is 11.8 Å². The highest BCUT2D eigenvalue weighted by molar-refractivity contribution is 7.91. The van der Waals surface area contributed by atoms with Crippen LogP contribution in [0.2, 0.25) is 0 Å². The molecule has 19 heavy (non-hydrogen) atoms. The van der Waals surface area contributed by atoms with Crippen LogP contribution in [-0.4, -0.2) is 26.0 Å². The molecule has 1 aliphatic carbocycles. The standard InChI is InChI=1S/C14H30N2O2S/c1-2-19(17,18)11-7-10-14(16-15)12-13-8-5-3-4-6-9-13/h13-14,16H,2-12,15H2,1H3. The molecule has 1 unspecified atom stereocenters. The Bertz CT molecular complexity index is 322. The first kappa shape index (κ1) is 16.9. The van der Waals surface area contributed by atoms with Crippen LogP contribution in [0.3, 0.4) is 0 Å². The number of nitrogens with two attached hydrogens (primary N) is 1. The van der Waals surface area contributed by atoms with E-state index >= 15 is 0 Å². The topological polar surface area (TPSA) is 72.2 Å². The molecule has 3 N–H and O–H groups in total. The Morgan fingerprint density at radius 3 is 2.37 bits per heavy atom. The summed E-state index contributed by atoms with van der Waals surface area (Å²) in [5.74, 6) is 6.93. The zero-order valence-electron chi connectivity index (χ0n) is 12.2. The fourth-order valence-electron chi connectivity index (χ4n) is 2.97. The Balaban J connectivity index is 2.28. The molecular formula is C14H30N2O2S. The maximum atomic E-state index is 11.5. The molecule has 1 atom stereocenters. The van der Waals surface area contributed by atoms with Crippen LogP contribution in [0.5, 0.6) is 0 Å². The number of sulfone groups is 1. The van der Waals surface area contributed by atoms with Gasteiger partial charge in [0.2, 0.25) is 0 Å². The summed E-state index contributed by atoms with van der Waals surface area (Å²) < 4.78 is 22.9. The lowest BCUT2D eigenvalue weighted by Crippen LogP contribution is -2.37. The molecule has 0 aromatic carbocycles. The largest absolute Gasteiger partial charge is 0.271 e. The van der Waals surface area contributed by atoms with E-state index in [2.05, 4.69) is 5.43 Å². The molecule has 1 aliphatic rings. The van der Waals surface area contributed by atoms with Crippen molar-refractivity contribution < 1.29 is 8.42 Å². The van der Waals surface area contributed by atoms with Crippen molar-refractivity contribution in [1.82, 2.24) is 5.43 Å². The van der Waals surface area contributed by atoms with Gasteiger partial charge in [-0.15, -0.1) is 0 Å². The summed E-state index contributed by atoms with van der Waals surface area (Å²) >= 11 is 0. The Labute approximate surface area is 118 Å². The van der Waals surface area contributed by atoms with Crippen LogP contribution in [0.4, 0.5) is 0 Å². The second-order valence-electron chi connectivity index (χ2n) is 5.84. The first-order valence-electron chi connectivity index (χ1n) is 7.74. The van der Waals surface area contributed by atoms with Crippen LogP contribution < -0.4 is 11.3 Å². The van der Waals surface area contributed by atoms with Gasteiger partial charge in [0.05, 0.1) is 5.75 Å². The lowest BCUT2D eigenvalue weighted by Gasteiger charge is -2.22. The fourth-order valence-corrected chi connectivity index (χ4v) is 3.86. The summed E-state index contributed by atoms with van der Waals surface area (Å²) in [6.45, 7) is 1.71. The SMILES string of the molecule is CCS(=O)(=O)CCCC(CC1CCCCCC1)NN. The van der Waals surface area contributed by atoms with Crippen LogP contribution in [-0.2, 0) is 9.84 Å². The maximum absolute atomic E-state index is 11.5. The van der Waals surface area contributed by atoms with Gasteiger partial charge in [-0.05, 0) is 25.2 Å². The van der Waals surface area contributed by atoms with Crippen LogP contribution in [0, 0.1) is 5.92 Å². The summed E-state index contributed by atoms with van der Waals surface area (Å²) in [5.41, 5.74) is 2.88.